The van der Waals surface area contributed by atoms with Crippen molar-refractivity contribution in [3.05, 3.63) is 123 Å². The number of aliphatic hydroxyl groups is 3. The van der Waals surface area contributed by atoms with E-state index >= 15 is 0 Å². The van der Waals surface area contributed by atoms with Crippen LogP contribution in [0.3, 0.4) is 0 Å². The van der Waals surface area contributed by atoms with E-state index in [-0.39, 0.29) is 73.9 Å². The highest BCUT2D eigenvalue weighted by molar-refractivity contribution is 5.72. The summed E-state index contributed by atoms with van der Waals surface area (Å²) in [6.07, 6.45) is -8.29. The number of aliphatic hydroxyl groups excluding tert-OH is 3. The zero-order valence-electron chi connectivity index (χ0n) is 32.1. The van der Waals surface area contributed by atoms with Crippen molar-refractivity contribution in [2.45, 2.75) is 54.6 Å². The molecule has 1 unspecified atom stereocenters. The molecule has 8 atom stereocenters. The van der Waals surface area contributed by atoms with Crippen molar-refractivity contribution in [2.24, 2.45) is 0 Å². The molecule has 0 aliphatic carbocycles. The summed E-state index contributed by atoms with van der Waals surface area (Å²) in [5.74, 6) is -12.6. The van der Waals surface area contributed by atoms with Crippen molar-refractivity contribution in [3.8, 4) is 86.2 Å². The first-order valence-corrected chi connectivity index (χ1v) is 19.3. The SMILES string of the molecule is Oc1cc(O)c2c(c1)O[C@@]1(c3ccc(O)c(O)c3)Oc3cc(O)c4c(c3[C@@H]2C1O)O[C@H](c1ccc(O)c(O)c1)[C@H](O)[C@H]4c1c(O)cc(O)c2c1O[C@H](c1ccc(O)c(O)c1)[C@H](O)C2. The Bertz CT molecular complexity index is 2910. The molecule has 6 aromatic carbocycles. The van der Waals surface area contributed by atoms with Gasteiger partial charge in [0.05, 0.1) is 17.9 Å². The second kappa shape index (κ2) is 13.6. The monoisotopic (exact) mass is 864 g/mol. The summed E-state index contributed by atoms with van der Waals surface area (Å²) in [6, 6.07) is 14.8. The fourth-order valence-corrected chi connectivity index (χ4v) is 9.32. The van der Waals surface area contributed by atoms with Crippen molar-refractivity contribution in [3.63, 3.8) is 0 Å². The van der Waals surface area contributed by atoms with Crippen LogP contribution in [0.1, 0.15) is 68.6 Å². The molecule has 10 rings (SSSR count). The third kappa shape index (κ3) is 5.68. The Morgan fingerprint density at radius 1 is 0.444 bits per heavy atom. The van der Waals surface area contributed by atoms with Gasteiger partial charge in [-0.3, -0.25) is 0 Å². The molecule has 4 aliphatic heterocycles. The lowest BCUT2D eigenvalue weighted by Crippen LogP contribution is -2.57. The highest BCUT2D eigenvalue weighted by Gasteiger charge is 2.61. The number of phenols is 11. The Hall–Kier alpha value is -7.80. The second-order valence-corrected chi connectivity index (χ2v) is 15.9. The van der Waals surface area contributed by atoms with Crippen molar-refractivity contribution in [2.75, 3.05) is 0 Å². The van der Waals surface area contributed by atoms with Crippen LogP contribution >= 0.6 is 0 Å². The smallest absolute Gasteiger partial charge is 0.305 e. The normalized spacial score (nSPS) is 25.2. The predicted octanol–water partition coefficient (Wildman–Crippen LogP) is 4.24. The lowest BCUT2D eigenvalue weighted by Gasteiger charge is -2.51. The van der Waals surface area contributed by atoms with Crippen LogP contribution < -0.4 is 18.9 Å². The highest BCUT2D eigenvalue weighted by Crippen LogP contribution is 2.65. The number of hydrogen-bond donors (Lipinski definition) is 14. The molecule has 18 nitrogen and oxygen atoms in total. The summed E-state index contributed by atoms with van der Waals surface area (Å²) in [7, 11) is 0. The van der Waals surface area contributed by atoms with Gasteiger partial charge in [-0.2, -0.15) is 0 Å². The molecule has 18 heteroatoms. The molecule has 4 aliphatic rings. The third-order valence-corrected chi connectivity index (χ3v) is 12.2. The highest BCUT2D eigenvalue weighted by atomic mass is 16.7. The third-order valence-electron chi connectivity index (χ3n) is 12.2. The van der Waals surface area contributed by atoms with Crippen molar-refractivity contribution < 1.29 is 90.4 Å². The van der Waals surface area contributed by atoms with E-state index in [1.807, 2.05) is 0 Å². The lowest BCUT2D eigenvalue weighted by atomic mass is 9.71. The fraction of sp³-hybridized carbons (Fsp3) is 0.200. The molecule has 6 aromatic rings. The Morgan fingerprint density at radius 3 is 1.62 bits per heavy atom. The van der Waals surface area contributed by atoms with Gasteiger partial charge in [0.25, 0.3) is 0 Å². The van der Waals surface area contributed by atoms with E-state index in [1.165, 1.54) is 18.2 Å². The maximum atomic E-state index is 12.5. The van der Waals surface area contributed by atoms with Gasteiger partial charge in [0.2, 0.25) is 0 Å². The molecule has 63 heavy (non-hydrogen) atoms. The predicted molar refractivity (Wildman–Crippen MR) is 212 cm³/mol. The molecule has 0 fully saturated rings. The number of benzene rings is 6. The number of ether oxygens (including phenoxy) is 4. The Labute approximate surface area is 354 Å². The Kier molecular flexibility index (Phi) is 8.49. The maximum absolute atomic E-state index is 12.5. The summed E-state index contributed by atoms with van der Waals surface area (Å²) in [5, 5.41) is 155. The average Bonchev–Trinajstić information content (AvgIpc) is 3.22. The molecule has 0 aromatic heterocycles. The van der Waals surface area contributed by atoms with Gasteiger partial charge in [0, 0.05) is 64.1 Å². The first-order valence-electron chi connectivity index (χ1n) is 19.3. The zero-order chi connectivity index (χ0) is 44.5. The number of rotatable bonds is 4. The summed E-state index contributed by atoms with van der Waals surface area (Å²) >= 11 is 0. The first kappa shape index (κ1) is 39.3. The van der Waals surface area contributed by atoms with E-state index in [2.05, 4.69) is 0 Å². The molecule has 0 radical (unpaired) electrons. The second-order valence-electron chi connectivity index (χ2n) is 15.9. The minimum Gasteiger partial charge on any atom is -0.508 e. The van der Waals surface area contributed by atoms with Crippen LogP contribution in [0.2, 0.25) is 0 Å². The lowest BCUT2D eigenvalue weighted by molar-refractivity contribution is -0.219. The number of fused-ring (bicyclic) bond motifs is 9. The molecule has 0 spiro atoms. The molecule has 0 saturated carbocycles. The fourth-order valence-electron chi connectivity index (χ4n) is 9.32. The standard InChI is InChI=1S/C45H36O18/c46-18-10-27(54)33-31(11-18)62-45(17-3-6-22(49)26(53)9-17)44(59)38(33)36-32(63-45)14-29(56)35-37(39(58)41(61-43(35)36)16-2-5-21(48)25(52)8-16)34-28(55)13-23(50)19-12-30(57)40(60-42(19)34)15-1-4-20(47)24(51)7-15/h1-11,13-14,30,37-41,44,46-59H,12H2/t30-,37+,38-,39-,40-,41-,44?,45+/m1/s1. The first-order chi connectivity index (χ1) is 30.0. The average molecular weight is 865 g/mol. The summed E-state index contributed by atoms with van der Waals surface area (Å²) in [6.45, 7) is 0. The van der Waals surface area contributed by atoms with Crippen molar-refractivity contribution in [1.82, 2.24) is 0 Å². The largest absolute Gasteiger partial charge is 0.508 e. The number of hydrogen-bond acceptors (Lipinski definition) is 18. The number of phenolic OH excluding ortho intramolecular Hbond substituents is 11. The van der Waals surface area contributed by atoms with E-state index in [9.17, 15) is 71.5 Å². The molecule has 2 bridgehead atoms. The summed E-state index contributed by atoms with van der Waals surface area (Å²) in [4.78, 5) is 0. The van der Waals surface area contributed by atoms with E-state index in [1.54, 1.807) is 0 Å². The van der Waals surface area contributed by atoms with Gasteiger partial charge in [-0.15, -0.1) is 0 Å². The van der Waals surface area contributed by atoms with Crippen molar-refractivity contribution in [1.29, 1.82) is 0 Å². The van der Waals surface area contributed by atoms with Crippen LogP contribution in [0, 0.1) is 0 Å². The minimum absolute atomic E-state index is 0.0325. The Morgan fingerprint density at radius 2 is 0.984 bits per heavy atom. The van der Waals surface area contributed by atoms with Crippen LogP contribution in [-0.4, -0.2) is 89.8 Å². The topological polar surface area (TPSA) is 320 Å². The van der Waals surface area contributed by atoms with Crippen LogP contribution in [0.4, 0.5) is 0 Å². The quantitative estimate of drug-likeness (QED) is 0.110. The Balaban J connectivity index is 1.25. The molecule has 14 N–H and O–H groups in total. The van der Waals surface area contributed by atoms with E-state index in [4.69, 9.17) is 18.9 Å². The van der Waals surface area contributed by atoms with Crippen LogP contribution in [0.25, 0.3) is 0 Å². The van der Waals surface area contributed by atoms with Gasteiger partial charge >= 0.3 is 5.79 Å². The molecule has 0 amide bonds. The summed E-state index contributed by atoms with van der Waals surface area (Å²) in [5.41, 5.74) is -0.583. The molecule has 324 valence electrons. The molecular weight excluding hydrogens is 828 g/mol. The van der Waals surface area contributed by atoms with Gasteiger partial charge in [-0.05, 0) is 53.6 Å². The zero-order valence-corrected chi connectivity index (χ0v) is 32.1. The van der Waals surface area contributed by atoms with Gasteiger partial charge in [0.1, 0.15) is 70.1 Å². The van der Waals surface area contributed by atoms with E-state index in [0.717, 1.165) is 60.7 Å². The molecule has 4 heterocycles. The maximum Gasteiger partial charge on any atom is 0.305 e. The van der Waals surface area contributed by atoms with Gasteiger partial charge in [0.15, 0.2) is 40.6 Å². The van der Waals surface area contributed by atoms with Crippen LogP contribution in [0.15, 0.2) is 78.9 Å². The van der Waals surface area contributed by atoms with E-state index < -0.39 is 111 Å². The van der Waals surface area contributed by atoms with Crippen LogP contribution in [0.5, 0.6) is 86.2 Å². The van der Waals surface area contributed by atoms with Gasteiger partial charge < -0.3 is 90.4 Å². The van der Waals surface area contributed by atoms with Gasteiger partial charge in [-0.25, -0.2) is 0 Å². The number of aromatic hydroxyl groups is 11. The van der Waals surface area contributed by atoms with Crippen molar-refractivity contribution >= 4 is 0 Å². The van der Waals surface area contributed by atoms with E-state index in [0.29, 0.717) is 0 Å². The van der Waals surface area contributed by atoms with Gasteiger partial charge in [-0.1, -0.05) is 12.1 Å². The van der Waals surface area contributed by atoms with Crippen LogP contribution in [-0.2, 0) is 12.2 Å². The molecule has 0 saturated heterocycles. The minimum atomic E-state index is -2.31. The molecular formula is C45H36O18. The summed E-state index contributed by atoms with van der Waals surface area (Å²) < 4.78 is 25.6.